The number of carboxylic acids is 1. The summed E-state index contributed by atoms with van der Waals surface area (Å²) in [7, 11) is 1.60. The van der Waals surface area contributed by atoms with Crippen LogP contribution in [-0.2, 0) is 11.2 Å². The van der Waals surface area contributed by atoms with Gasteiger partial charge in [0.2, 0.25) is 0 Å². The van der Waals surface area contributed by atoms with Crippen molar-refractivity contribution < 1.29 is 19.0 Å². The number of methoxy groups -OCH3 is 1. The van der Waals surface area contributed by atoms with Crippen LogP contribution in [0.25, 0.3) is 10.9 Å². The van der Waals surface area contributed by atoms with Gasteiger partial charge in [0.05, 0.1) is 12.6 Å². The van der Waals surface area contributed by atoms with Crippen LogP contribution in [-0.4, -0.2) is 52.7 Å². The number of fused-ring (bicyclic) bond motifs is 1. The molecule has 4 rings (SSSR count). The Hall–Kier alpha value is -3.06. The lowest BCUT2D eigenvalue weighted by Gasteiger charge is -2.38. The molecule has 0 bridgehead atoms. The summed E-state index contributed by atoms with van der Waals surface area (Å²) in [5, 5.41) is 10.3. The molecule has 1 fully saturated rings. The van der Waals surface area contributed by atoms with E-state index in [2.05, 4.69) is 20.9 Å². The van der Waals surface area contributed by atoms with Crippen molar-refractivity contribution in [1.29, 1.82) is 0 Å². The molecule has 1 saturated heterocycles. The number of rotatable bonds is 12. The molecule has 0 spiro atoms. The van der Waals surface area contributed by atoms with Gasteiger partial charge in [0, 0.05) is 36.4 Å². The highest BCUT2D eigenvalue weighted by atomic mass is 19.1. The summed E-state index contributed by atoms with van der Waals surface area (Å²) in [4.78, 5) is 22.7. The number of aromatic nitrogens is 2. The van der Waals surface area contributed by atoms with E-state index < -0.39 is 12.1 Å². The van der Waals surface area contributed by atoms with Gasteiger partial charge in [0.25, 0.3) is 0 Å². The van der Waals surface area contributed by atoms with E-state index >= 15 is 4.39 Å². The second kappa shape index (κ2) is 12.8. The quantitative estimate of drug-likeness (QED) is 0.318. The van der Waals surface area contributed by atoms with Crippen molar-refractivity contribution in [3.63, 3.8) is 0 Å². The van der Waals surface area contributed by atoms with Gasteiger partial charge in [0.1, 0.15) is 11.9 Å². The Morgan fingerprint density at radius 3 is 2.83 bits per heavy atom. The second-order valence-electron chi connectivity index (χ2n) is 9.81. The summed E-state index contributed by atoms with van der Waals surface area (Å²) in [5.74, 6) is 0.171. The number of ether oxygens (including phenoxy) is 1. The Bertz CT molecular complexity index is 1130. The summed E-state index contributed by atoms with van der Waals surface area (Å²) in [6.07, 6.45) is 7.55. The summed E-state index contributed by atoms with van der Waals surface area (Å²) >= 11 is 0. The smallest absolute Gasteiger partial charge is 0.303 e. The predicted molar refractivity (Wildman–Crippen MR) is 139 cm³/mol. The molecule has 0 radical (unpaired) electrons. The first-order valence-electron chi connectivity index (χ1n) is 12.9. The van der Waals surface area contributed by atoms with Crippen LogP contribution in [0, 0.1) is 11.8 Å². The third-order valence-corrected chi connectivity index (χ3v) is 7.41. The zero-order chi connectivity index (χ0) is 25.3. The molecular formula is C29H36FN3O3. The molecule has 3 heterocycles. The zero-order valence-corrected chi connectivity index (χ0v) is 21.0. The second-order valence-corrected chi connectivity index (χ2v) is 9.81. The summed E-state index contributed by atoms with van der Waals surface area (Å²) in [6.45, 7) is 2.68. The minimum Gasteiger partial charge on any atom is -0.497 e. The van der Waals surface area contributed by atoms with Gasteiger partial charge >= 0.3 is 5.97 Å². The van der Waals surface area contributed by atoms with Gasteiger partial charge in [-0.1, -0.05) is 6.07 Å². The van der Waals surface area contributed by atoms with Crippen LogP contribution in [0.4, 0.5) is 4.39 Å². The topological polar surface area (TPSA) is 75.5 Å². The van der Waals surface area contributed by atoms with E-state index in [-0.39, 0.29) is 18.3 Å². The number of aliphatic carboxylic acids is 1. The van der Waals surface area contributed by atoms with Gasteiger partial charge < -0.3 is 14.7 Å². The van der Waals surface area contributed by atoms with Gasteiger partial charge in [-0.3, -0.25) is 14.8 Å². The Morgan fingerprint density at radius 2 is 2.06 bits per heavy atom. The number of unbranched alkanes of at least 4 members (excludes halogenated alkanes) is 1. The van der Waals surface area contributed by atoms with Gasteiger partial charge in [-0.05, 0) is 105 Å². The molecule has 0 saturated carbocycles. The highest BCUT2D eigenvalue weighted by Gasteiger charge is 2.31. The van der Waals surface area contributed by atoms with Crippen molar-refractivity contribution in [2.45, 2.75) is 51.1 Å². The van der Waals surface area contributed by atoms with E-state index in [4.69, 9.17) is 4.74 Å². The molecule has 1 aliphatic heterocycles. The minimum atomic E-state index is -1.13. The number of benzene rings is 1. The van der Waals surface area contributed by atoms with E-state index in [1.165, 1.54) is 0 Å². The molecular weight excluding hydrogens is 457 g/mol. The van der Waals surface area contributed by atoms with Crippen LogP contribution >= 0.6 is 0 Å². The summed E-state index contributed by atoms with van der Waals surface area (Å²) in [5.41, 5.74) is 2.48. The largest absolute Gasteiger partial charge is 0.497 e. The van der Waals surface area contributed by atoms with Crippen molar-refractivity contribution >= 4 is 16.9 Å². The fourth-order valence-corrected chi connectivity index (χ4v) is 5.44. The van der Waals surface area contributed by atoms with E-state index in [0.29, 0.717) is 24.2 Å². The lowest BCUT2D eigenvalue weighted by molar-refractivity contribution is -0.139. The Kier molecular flexibility index (Phi) is 9.23. The molecule has 6 nitrogen and oxygen atoms in total. The van der Waals surface area contributed by atoms with Crippen molar-refractivity contribution in [3.8, 4) is 5.75 Å². The standard InChI is InChI=1S/C29H36FN3O3/c1-36-24-9-11-28-26(19-24)25(12-15-32-28)27(30)10-8-21-13-17-33(20-22(21)18-29(34)35)16-5-3-7-23-6-2-4-14-31-23/h2,4,6,9,11-12,14-15,19,21-22,27H,3,5,7-8,10,13,16-18,20H2,1H3,(H,34,35)/t21-,22+,27-/m1/s1. The Balaban J connectivity index is 1.31. The fourth-order valence-electron chi connectivity index (χ4n) is 5.44. The Labute approximate surface area is 212 Å². The number of carboxylic acid groups (broad SMARTS) is 1. The first kappa shape index (κ1) is 26.0. The normalized spacial score (nSPS) is 19.3. The van der Waals surface area contributed by atoms with Crippen LogP contribution in [0.3, 0.4) is 0 Å². The van der Waals surface area contributed by atoms with Gasteiger partial charge in [-0.15, -0.1) is 0 Å². The number of alkyl halides is 1. The fraction of sp³-hybridized carbons (Fsp3) is 0.483. The molecule has 1 aromatic carbocycles. The first-order chi connectivity index (χ1) is 17.5. The molecule has 1 aliphatic rings. The number of nitrogens with zero attached hydrogens (tertiary/aromatic N) is 3. The van der Waals surface area contributed by atoms with Crippen molar-refractivity contribution in [2.24, 2.45) is 11.8 Å². The third-order valence-electron chi connectivity index (χ3n) is 7.41. The maximum atomic E-state index is 15.5. The number of pyridine rings is 2. The molecule has 0 aliphatic carbocycles. The summed E-state index contributed by atoms with van der Waals surface area (Å²) < 4.78 is 20.8. The van der Waals surface area contributed by atoms with Crippen LogP contribution < -0.4 is 4.74 Å². The molecule has 3 atom stereocenters. The highest BCUT2D eigenvalue weighted by molar-refractivity contribution is 5.83. The zero-order valence-electron chi connectivity index (χ0n) is 21.0. The monoisotopic (exact) mass is 493 g/mol. The minimum absolute atomic E-state index is 0.0496. The number of likely N-dealkylation sites (tertiary alicyclic amines) is 1. The van der Waals surface area contributed by atoms with E-state index in [1.54, 1.807) is 19.4 Å². The number of piperidine rings is 1. The average Bonchev–Trinajstić information content (AvgIpc) is 2.90. The number of aryl methyl sites for hydroxylation is 1. The van der Waals surface area contributed by atoms with E-state index in [9.17, 15) is 9.90 Å². The molecule has 0 unspecified atom stereocenters. The molecule has 36 heavy (non-hydrogen) atoms. The molecule has 7 heteroatoms. The highest BCUT2D eigenvalue weighted by Crippen LogP contribution is 2.36. The maximum absolute atomic E-state index is 15.5. The summed E-state index contributed by atoms with van der Waals surface area (Å²) in [6, 6.07) is 13.3. The van der Waals surface area contributed by atoms with Crippen molar-refractivity contribution in [2.75, 3.05) is 26.7 Å². The molecule has 1 N–H and O–H groups in total. The Morgan fingerprint density at radius 1 is 1.17 bits per heavy atom. The van der Waals surface area contributed by atoms with E-state index in [0.717, 1.165) is 61.9 Å². The van der Waals surface area contributed by atoms with Crippen LogP contribution in [0.1, 0.15) is 56.0 Å². The molecule has 0 amide bonds. The molecule has 2 aromatic heterocycles. The number of hydrogen-bond acceptors (Lipinski definition) is 5. The SMILES string of the molecule is COc1ccc2nccc([C@H](F)CC[C@@H]3CCN(CCCCc4ccccn4)C[C@@H]3CC(=O)O)c2c1. The predicted octanol–water partition coefficient (Wildman–Crippen LogP) is 5.86. The maximum Gasteiger partial charge on any atom is 0.303 e. The molecule has 3 aromatic rings. The van der Waals surface area contributed by atoms with Crippen molar-refractivity contribution in [1.82, 2.24) is 14.9 Å². The molecule has 192 valence electrons. The van der Waals surface area contributed by atoms with Crippen LogP contribution in [0.2, 0.25) is 0 Å². The van der Waals surface area contributed by atoms with E-state index in [1.807, 2.05) is 36.5 Å². The average molecular weight is 494 g/mol. The lowest BCUT2D eigenvalue weighted by atomic mass is 9.79. The van der Waals surface area contributed by atoms with Crippen LogP contribution in [0.15, 0.2) is 54.9 Å². The first-order valence-corrected chi connectivity index (χ1v) is 12.9. The van der Waals surface area contributed by atoms with Gasteiger partial charge in [-0.25, -0.2) is 4.39 Å². The number of carbonyl (C=O) groups is 1. The van der Waals surface area contributed by atoms with Crippen molar-refractivity contribution in [3.05, 3.63) is 66.1 Å². The van der Waals surface area contributed by atoms with Gasteiger partial charge in [-0.2, -0.15) is 0 Å². The number of hydrogen-bond donors (Lipinski definition) is 1. The number of halogens is 1. The van der Waals surface area contributed by atoms with Gasteiger partial charge in [0.15, 0.2) is 0 Å². The third kappa shape index (κ3) is 7.00. The van der Waals surface area contributed by atoms with Crippen LogP contribution in [0.5, 0.6) is 5.75 Å². The lowest BCUT2D eigenvalue weighted by Crippen LogP contribution is -2.41.